The molecule has 0 saturated heterocycles. The van der Waals surface area contributed by atoms with Gasteiger partial charge in [0.05, 0.1) is 12.2 Å². The molecule has 2 nitrogen and oxygen atoms in total. The van der Waals surface area contributed by atoms with Gasteiger partial charge < -0.3 is 17.3 Å². The van der Waals surface area contributed by atoms with Gasteiger partial charge in [-0.1, -0.05) is 6.07 Å². The fraction of sp³-hybridized carbons (Fsp3) is 0.500. The van der Waals surface area contributed by atoms with Crippen molar-refractivity contribution in [2.24, 2.45) is 0 Å². The highest BCUT2D eigenvalue weighted by molar-refractivity contribution is 6.34. The van der Waals surface area contributed by atoms with Gasteiger partial charge in [0.2, 0.25) is 0 Å². The van der Waals surface area contributed by atoms with Crippen molar-refractivity contribution in [1.29, 1.82) is 0 Å². The third-order valence-electron chi connectivity index (χ3n) is 1.73. The molecule has 0 heterocycles. The maximum atomic E-state index is 5.84. The van der Waals surface area contributed by atoms with Gasteiger partial charge in [-0.25, -0.2) is 0 Å². The second-order valence-corrected chi connectivity index (χ2v) is 4.01. The highest BCUT2D eigenvalue weighted by atomic mass is 16.5. The Kier molecular flexibility index (Phi) is 4.07. The third-order valence-corrected chi connectivity index (χ3v) is 1.73. The van der Waals surface area contributed by atoms with Crippen molar-refractivity contribution in [2.75, 3.05) is 0 Å². The topological polar surface area (TPSA) is 18.5 Å². The van der Waals surface area contributed by atoms with E-state index in [2.05, 4.69) is 0 Å². The first-order valence-corrected chi connectivity index (χ1v) is 5.22. The van der Waals surface area contributed by atoms with Gasteiger partial charge in [-0.15, -0.1) is 6.07 Å². The van der Waals surface area contributed by atoms with Crippen LogP contribution >= 0.6 is 0 Å². The molecule has 1 aromatic carbocycles. The van der Waals surface area contributed by atoms with Gasteiger partial charge in [0.1, 0.15) is 5.75 Å². The van der Waals surface area contributed by atoms with Crippen molar-refractivity contribution in [2.45, 2.75) is 39.9 Å². The number of benzene rings is 1. The molecule has 0 aliphatic heterocycles. The molecule has 0 N–H and O–H groups in total. The van der Waals surface area contributed by atoms with Crippen LogP contribution in [0.4, 0.5) is 0 Å². The molecule has 0 amide bonds. The fourth-order valence-corrected chi connectivity index (χ4v) is 1.24. The second kappa shape index (κ2) is 5.10. The normalized spacial score (nSPS) is 10.9. The zero-order valence-corrected chi connectivity index (χ0v) is 9.78. The predicted octanol–water partition coefficient (Wildman–Crippen LogP) is 2.05. The van der Waals surface area contributed by atoms with Crippen LogP contribution < -0.4 is 14.9 Å². The molecule has 0 saturated carbocycles. The van der Waals surface area contributed by atoms with E-state index in [-0.39, 0.29) is 12.2 Å². The molecule has 81 valence electrons. The Morgan fingerprint density at radius 3 is 2.13 bits per heavy atom. The van der Waals surface area contributed by atoms with E-state index in [4.69, 9.17) is 17.3 Å². The Hall–Kier alpha value is -1.12. The van der Waals surface area contributed by atoms with E-state index in [1.165, 1.54) is 0 Å². The van der Waals surface area contributed by atoms with Crippen LogP contribution in [0.2, 0.25) is 0 Å². The van der Waals surface area contributed by atoms with E-state index < -0.39 is 0 Å². The number of hydrogen-bond donors (Lipinski definition) is 0. The largest absolute Gasteiger partial charge is 0.575 e. The Morgan fingerprint density at radius 1 is 1.00 bits per heavy atom. The first-order chi connectivity index (χ1) is 7.00. The van der Waals surface area contributed by atoms with Gasteiger partial charge >= 0.3 is 0 Å². The van der Waals surface area contributed by atoms with Crippen molar-refractivity contribution >= 4 is 13.3 Å². The lowest BCUT2D eigenvalue weighted by Gasteiger charge is -2.23. The number of para-hydroxylation sites is 1. The third kappa shape index (κ3) is 3.50. The second-order valence-electron chi connectivity index (χ2n) is 4.01. The maximum absolute atomic E-state index is 5.84. The standard InChI is InChI=1S/C12H17BO2/c1-8(2)14-11-7-5-6-10(13)12(11)15-9(3)4/h5-9H,1-4H3/q-1. The molecule has 3 heteroatoms. The highest BCUT2D eigenvalue weighted by Gasteiger charge is 2.06. The Morgan fingerprint density at radius 2 is 1.60 bits per heavy atom. The smallest absolute Gasteiger partial charge is 0.157 e. The van der Waals surface area contributed by atoms with E-state index in [0.717, 1.165) is 0 Å². The molecule has 3 radical (unpaired) electrons. The van der Waals surface area contributed by atoms with Gasteiger partial charge in [-0.05, 0) is 33.8 Å². The van der Waals surface area contributed by atoms with Crippen LogP contribution in [0.3, 0.4) is 0 Å². The molecule has 0 bridgehead atoms. The van der Waals surface area contributed by atoms with E-state index in [9.17, 15) is 0 Å². The van der Waals surface area contributed by atoms with Gasteiger partial charge in [0, 0.05) is 0 Å². The zero-order chi connectivity index (χ0) is 11.4. The lowest BCUT2D eigenvalue weighted by Crippen LogP contribution is -2.17. The summed E-state index contributed by atoms with van der Waals surface area (Å²) in [5.74, 6) is 1.35. The molecular weight excluding hydrogens is 187 g/mol. The molecule has 0 unspecified atom stereocenters. The molecule has 1 rings (SSSR count). The molecule has 1 aromatic rings. The summed E-state index contributed by atoms with van der Waals surface area (Å²) in [6.45, 7) is 7.88. The molecular formula is C12H17BO2-. The maximum Gasteiger partial charge on any atom is 0.157 e. The molecule has 0 fully saturated rings. The fourth-order valence-electron chi connectivity index (χ4n) is 1.24. The average molecular weight is 204 g/mol. The van der Waals surface area contributed by atoms with Crippen molar-refractivity contribution in [3.8, 4) is 11.5 Å². The number of rotatable bonds is 4. The van der Waals surface area contributed by atoms with E-state index in [1.54, 1.807) is 0 Å². The quantitative estimate of drug-likeness (QED) is 0.699. The van der Waals surface area contributed by atoms with E-state index >= 15 is 0 Å². The van der Waals surface area contributed by atoms with Crippen molar-refractivity contribution in [3.63, 3.8) is 0 Å². The average Bonchev–Trinajstić information content (AvgIpc) is 2.09. The Labute approximate surface area is 93.0 Å². The molecule has 15 heavy (non-hydrogen) atoms. The minimum Gasteiger partial charge on any atom is -0.575 e. The Balaban J connectivity index is 2.97. The van der Waals surface area contributed by atoms with Gasteiger partial charge in [0.25, 0.3) is 0 Å². The zero-order valence-electron chi connectivity index (χ0n) is 9.78. The Bertz CT molecular complexity index is 321. The van der Waals surface area contributed by atoms with Crippen LogP contribution in [0.5, 0.6) is 11.5 Å². The summed E-state index contributed by atoms with van der Waals surface area (Å²) in [5, 5.41) is 0. The van der Waals surface area contributed by atoms with Crippen molar-refractivity contribution < 1.29 is 9.47 Å². The molecule has 0 spiro atoms. The van der Waals surface area contributed by atoms with E-state index in [0.29, 0.717) is 17.0 Å². The first-order valence-electron chi connectivity index (χ1n) is 5.22. The van der Waals surface area contributed by atoms with Crippen molar-refractivity contribution in [1.82, 2.24) is 0 Å². The SMILES string of the molecule is [B-]c1cccc(OC(C)C)c1OC(C)C. The predicted molar refractivity (Wildman–Crippen MR) is 63.4 cm³/mol. The monoisotopic (exact) mass is 204 g/mol. The summed E-state index contributed by atoms with van der Waals surface area (Å²) in [7, 11) is 5.84. The van der Waals surface area contributed by atoms with Crippen LogP contribution in [-0.2, 0) is 0 Å². The minimum atomic E-state index is 0.0872. The molecule has 0 aromatic heterocycles. The molecule has 0 aliphatic rings. The lowest BCUT2D eigenvalue weighted by molar-refractivity contribution is 0.200. The summed E-state index contributed by atoms with van der Waals surface area (Å²) in [6.07, 6.45) is 0.200. The number of hydrogen-bond acceptors (Lipinski definition) is 2. The first kappa shape index (κ1) is 12.0. The van der Waals surface area contributed by atoms with Crippen LogP contribution in [-0.4, -0.2) is 20.1 Å². The van der Waals surface area contributed by atoms with Crippen LogP contribution in [0.1, 0.15) is 27.7 Å². The minimum absolute atomic E-state index is 0.0872. The molecule has 0 atom stereocenters. The highest BCUT2D eigenvalue weighted by Crippen LogP contribution is 2.26. The molecule has 0 aliphatic carbocycles. The van der Waals surface area contributed by atoms with Gasteiger partial charge in [-0.3, -0.25) is 5.46 Å². The van der Waals surface area contributed by atoms with Crippen molar-refractivity contribution in [3.05, 3.63) is 18.2 Å². The van der Waals surface area contributed by atoms with Gasteiger partial charge in [-0.2, -0.15) is 0 Å². The number of ether oxygens (including phenoxy) is 2. The van der Waals surface area contributed by atoms with Crippen LogP contribution in [0.25, 0.3) is 0 Å². The lowest BCUT2D eigenvalue weighted by atomic mass is 9.94. The summed E-state index contributed by atoms with van der Waals surface area (Å²) in [6, 6.07) is 5.54. The van der Waals surface area contributed by atoms with Gasteiger partial charge in [0.15, 0.2) is 5.75 Å². The summed E-state index contributed by atoms with van der Waals surface area (Å²) in [4.78, 5) is 0. The summed E-state index contributed by atoms with van der Waals surface area (Å²) in [5.41, 5.74) is 0.613. The van der Waals surface area contributed by atoms with E-state index in [1.807, 2.05) is 45.9 Å². The van der Waals surface area contributed by atoms with Crippen LogP contribution in [0.15, 0.2) is 18.2 Å². The summed E-state index contributed by atoms with van der Waals surface area (Å²) < 4.78 is 11.2. The van der Waals surface area contributed by atoms with Crippen LogP contribution in [0, 0.1) is 0 Å². The summed E-state index contributed by atoms with van der Waals surface area (Å²) >= 11 is 0.